The Morgan fingerprint density at radius 1 is 0.920 bits per heavy atom. The molecule has 1 heterocycles. The molecule has 122 valence electrons. The molecule has 0 radical (unpaired) electrons. The van der Waals surface area contributed by atoms with Crippen molar-refractivity contribution in [1.82, 2.24) is 5.16 Å². The fraction of sp³-hybridized carbons (Fsp3) is 0. The topological polar surface area (TPSA) is 63.3 Å². The molecule has 0 unspecified atom stereocenters. The second-order valence-electron chi connectivity index (χ2n) is 5.63. The van der Waals surface area contributed by atoms with Crippen molar-refractivity contribution in [1.29, 1.82) is 0 Å². The molecule has 4 aromatic rings. The molecular formula is C20H12FNO3. The van der Waals surface area contributed by atoms with E-state index < -0.39 is 5.97 Å². The van der Waals surface area contributed by atoms with Crippen LogP contribution in [0.3, 0.4) is 0 Å². The predicted molar refractivity (Wildman–Crippen MR) is 91.8 cm³/mol. The molecule has 0 amide bonds. The Morgan fingerprint density at radius 3 is 2.44 bits per heavy atom. The second kappa shape index (κ2) is 5.87. The first-order valence-corrected chi connectivity index (χ1v) is 7.61. The molecule has 1 N–H and O–H groups in total. The van der Waals surface area contributed by atoms with Crippen molar-refractivity contribution in [3.8, 4) is 22.4 Å². The smallest absolute Gasteiger partial charge is 0.335 e. The molecule has 5 heteroatoms. The van der Waals surface area contributed by atoms with Crippen LogP contribution in [0.2, 0.25) is 0 Å². The molecule has 4 nitrogen and oxygen atoms in total. The van der Waals surface area contributed by atoms with Gasteiger partial charge in [0.2, 0.25) is 0 Å². The van der Waals surface area contributed by atoms with E-state index in [4.69, 9.17) is 9.63 Å². The maximum absolute atomic E-state index is 13.1. The van der Waals surface area contributed by atoms with Crippen molar-refractivity contribution in [2.45, 2.75) is 0 Å². The first kappa shape index (κ1) is 15.1. The first-order chi connectivity index (χ1) is 12.1. The maximum Gasteiger partial charge on any atom is 0.335 e. The molecule has 0 aliphatic carbocycles. The number of carboxylic acids is 1. The number of carbonyl (C=O) groups is 1. The van der Waals surface area contributed by atoms with Crippen LogP contribution in [0.1, 0.15) is 10.4 Å². The van der Waals surface area contributed by atoms with Crippen molar-refractivity contribution in [3.05, 3.63) is 78.1 Å². The van der Waals surface area contributed by atoms with E-state index in [9.17, 15) is 9.18 Å². The summed E-state index contributed by atoms with van der Waals surface area (Å²) >= 11 is 0. The van der Waals surface area contributed by atoms with Crippen molar-refractivity contribution in [3.63, 3.8) is 0 Å². The molecule has 0 saturated carbocycles. The van der Waals surface area contributed by atoms with Crippen LogP contribution in [0.4, 0.5) is 4.39 Å². The Morgan fingerprint density at radius 2 is 1.68 bits per heavy atom. The largest absolute Gasteiger partial charge is 0.478 e. The fourth-order valence-electron chi connectivity index (χ4n) is 2.77. The predicted octanol–water partition coefficient (Wildman–Crippen LogP) is 5.00. The van der Waals surface area contributed by atoms with Gasteiger partial charge in [0.05, 0.1) is 5.56 Å². The lowest BCUT2D eigenvalue weighted by molar-refractivity contribution is 0.0697. The summed E-state index contributed by atoms with van der Waals surface area (Å²) < 4.78 is 18.5. The monoisotopic (exact) mass is 333 g/mol. The van der Waals surface area contributed by atoms with E-state index in [1.54, 1.807) is 30.3 Å². The number of benzene rings is 3. The van der Waals surface area contributed by atoms with Crippen molar-refractivity contribution < 1.29 is 18.8 Å². The molecule has 25 heavy (non-hydrogen) atoms. The van der Waals surface area contributed by atoms with Crippen molar-refractivity contribution >= 4 is 16.9 Å². The Labute approximate surface area is 142 Å². The summed E-state index contributed by atoms with van der Waals surface area (Å²) in [6, 6.07) is 18.4. The van der Waals surface area contributed by atoms with Gasteiger partial charge in [-0.05, 0) is 47.5 Å². The quantitative estimate of drug-likeness (QED) is 0.573. The highest BCUT2D eigenvalue weighted by Crippen LogP contribution is 2.31. The summed E-state index contributed by atoms with van der Waals surface area (Å²) in [6.45, 7) is 0. The van der Waals surface area contributed by atoms with E-state index in [-0.39, 0.29) is 11.4 Å². The molecule has 0 aliphatic heterocycles. The van der Waals surface area contributed by atoms with Gasteiger partial charge in [0.25, 0.3) is 0 Å². The minimum atomic E-state index is -0.992. The third-order valence-electron chi connectivity index (χ3n) is 4.03. The molecule has 0 saturated heterocycles. The summed E-state index contributed by atoms with van der Waals surface area (Å²) in [6.07, 6.45) is 0. The van der Waals surface area contributed by atoms with E-state index in [1.165, 1.54) is 18.2 Å². The molecule has 0 bridgehead atoms. The highest BCUT2D eigenvalue weighted by molar-refractivity contribution is 5.96. The van der Waals surface area contributed by atoms with Crippen LogP contribution in [0, 0.1) is 5.82 Å². The van der Waals surface area contributed by atoms with Gasteiger partial charge in [-0.2, -0.15) is 0 Å². The Hall–Kier alpha value is -3.47. The van der Waals surface area contributed by atoms with Crippen molar-refractivity contribution in [2.75, 3.05) is 0 Å². The number of hydrogen-bond donors (Lipinski definition) is 1. The Kier molecular flexibility index (Phi) is 3.54. The van der Waals surface area contributed by atoms with E-state index in [0.717, 1.165) is 16.5 Å². The zero-order valence-corrected chi connectivity index (χ0v) is 12.9. The molecule has 0 aliphatic rings. The minimum absolute atomic E-state index is 0.191. The number of aromatic nitrogens is 1. The van der Waals surface area contributed by atoms with Gasteiger partial charge in [-0.1, -0.05) is 35.5 Å². The van der Waals surface area contributed by atoms with E-state index in [0.29, 0.717) is 16.8 Å². The van der Waals surface area contributed by atoms with E-state index >= 15 is 0 Å². The van der Waals surface area contributed by atoms with E-state index in [1.807, 2.05) is 18.2 Å². The fourth-order valence-corrected chi connectivity index (χ4v) is 2.77. The lowest BCUT2D eigenvalue weighted by atomic mass is 10.0. The third kappa shape index (κ3) is 2.76. The normalized spacial score (nSPS) is 10.9. The number of halogens is 1. The maximum atomic E-state index is 13.1. The zero-order chi connectivity index (χ0) is 17.4. The van der Waals surface area contributed by atoms with Gasteiger partial charge in [-0.25, -0.2) is 9.18 Å². The Balaban J connectivity index is 1.79. The minimum Gasteiger partial charge on any atom is -0.478 e. The van der Waals surface area contributed by atoms with Gasteiger partial charge in [0.1, 0.15) is 11.5 Å². The Bertz CT molecular complexity index is 1080. The van der Waals surface area contributed by atoms with Gasteiger partial charge in [-0.3, -0.25) is 0 Å². The summed E-state index contributed by atoms with van der Waals surface area (Å²) in [5, 5.41) is 14.0. The third-order valence-corrected chi connectivity index (χ3v) is 4.03. The molecule has 0 spiro atoms. The summed E-state index contributed by atoms with van der Waals surface area (Å²) in [4.78, 5) is 11.1. The van der Waals surface area contributed by atoms with Crippen LogP contribution < -0.4 is 0 Å². The standard InChI is InChI=1S/C20H12FNO3/c21-16-7-4-12(5-8-16)13-6-9-17-18(11-13)25-22-19(17)14-2-1-3-15(10-14)20(23)24/h1-11H,(H,23,24). The van der Waals surface area contributed by atoms with Crippen LogP contribution in [-0.4, -0.2) is 16.2 Å². The van der Waals surface area contributed by atoms with Crippen LogP contribution in [0.15, 0.2) is 71.3 Å². The summed E-state index contributed by atoms with van der Waals surface area (Å²) in [5.41, 5.74) is 3.79. The van der Waals surface area contributed by atoms with Gasteiger partial charge in [-0.15, -0.1) is 0 Å². The first-order valence-electron chi connectivity index (χ1n) is 7.61. The number of nitrogens with zero attached hydrogens (tertiary/aromatic N) is 1. The van der Waals surface area contributed by atoms with Crippen LogP contribution in [0.5, 0.6) is 0 Å². The van der Waals surface area contributed by atoms with Crippen LogP contribution in [0.25, 0.3) is 33.4 Å². The lowest BCUT2D eigenvalue weighted by Crippen LogP contribution is -1.95. The molecule has 0 fully saturated rings. The number of fused-ring (bicyclic) bond motifs is 1. The van der Waals surface area contributed by atoms with Gasteiger partial charge < -0.3 is 9.63 Å². The van der Waals surface area contributed by atoms with Crippen LogP contribution >= 0.6 is 0 Å². The highest BCUT2D eigenvalue weighted by Gasteiger charge is 2.13. The van der Waals surface area contributed by atoms with Gasteiger partial charge >= 0.3 is 5.97 Å². The number of hydrogen-bond acceptors (Lipinski definition) is 3. The van der Waals surface area contributed by atoms with E-state index in [2.05, 4.69) is 5.16 Å². The number of carboxylic acid groups (broad SMARTS) is 1. The second-order valence-corrected chi connectivity index (χ2v) is 5.63. The number of aromatic carboxylic acids is 1. The molecule has 3 aromatic carbocycles. The summed E-state index contributed by atoms with van der Waals surface area (Å²) in [7, 11) is 0. The van der Waals surface area contributed by atoms with Gasteiger partial charge in [0, 0.05) is 10.9 Å². The number of rotatable bonds is 3. The van der Waals surface area contributed by atoms with Crippen molar-refractivity contribution in [2.24, 2.45) is 0 Å². The summed E-state index contributed by atoms with van der Waals surface area (Å²) in [5.74, 6) is -1.28. The molecular weight excluding hydrogens is 321 g/mol. The lowest BCUT2D eigenvalue weighted by Gasteiger charge is -2.02. The van der Waals surface area contributed by atoms with Gasteiger partial charge in [0.15, 0.2) is 5.58 Å². The highest BCUT2D eigenvalue weighted by atomic mass is 19.1. The molecule has 0 atom stereocenters. The average Bonchev–Trinajstić information content (AvgIpc) is 3.05. The van der Waals surface area contributed by atoms with Crippen LogP contribution in [-0.2, 0) is 0 Å². The zero-order valence-electron chi connectivity index (χ0n) is 12.9. The molecule has 4 rings (SSSR count). The average molecular weight is 333 g/mol. The molecule has 1 aromatic heterocycles. The SMILES string of the molecule is O=C(O)c1cccc(-c2noc3cc(-c4ccc(F)cc4)ccc23)c1.